The van der Waals surface area contributed by atoms with Crippen molar-refractivity contribution in [1.82, 2.24) is 0 Å². The molecule has 1 unspecified atom stereocenters. The molecule has 94 valence electrons. The maximum absolute atomic E-state index is 10.3. The second-order valence-electron chi connectivity index (χ2n) is 4.71. The largest absolute Gasteiger partial charge is 0.388 e. The van der Waals surface area contributed by atoms with Crippen LogP contribution in [0.15, 0.2) is 46.9 Å². The molecule has 0 aromatic heterocycles. The van der Waals surface area contributed by atoms with E-state index in [9.17, 15) is 5.11 Å². The quantitative estimate of drug-likeness (QED) is 0.894. The van der Waals surface area contributed by atoms with Crippen molar-refractivity contribution in [2.45, 2.75) is 26.4 Å². The van der Waals surface area contributed by atoms with Gasteiger partial charge < -0.3 is 5.11 Å². The summed E-state index contributed by atoms with van der Waals surface area (Å²) in [5.41, 5.74) is 4.52. The minimum atomic E-state index is -0.444. The van der Waals surface area contributed by atoms with E-state index in [1.54, 1.807) is 0 Å². The first kappa shape index (κ1) is 13.3. The highest BCUT2D eigenvalue weighted by Crippen LogP contribution is 2.24. The Morgan fingerprint density at radius 3 is 2.33 bits per heavy atom. The van der Waals surface area contributed by atoms with Crippen molar-refractivity contribution in [3.05, 3.63) is 69.2 Å². The molecule has 0 radical (unpaired) electrons. The summed E-state index contributed by atoms with van der Waals surface area (Å²) in [7, 11) is 0. The molecular weight excluding hydrogens is 288 g/mol. The first-order chi connectivity index (χ1) is 8.56. The highest BCUT2D eigenvalue weighted by atomic mass is 79.9. The molecule has 0 aliphatic carbocycles. The van der Waals surface area contributed by atoms with Gasteiger partial charge >= 0.3 is 0 Å². The minimum Gasteiger partial charge on any atom is -0.388 e. The van der Waals surface area contributed by atoms with Gasteiger partial charge in [-0.2, -0.15) is 0 Å². The number of aliphatic hydroxyl groups excluding tert-OH is 1. The molecule has 2 aromatic rings. The molecule has 0 aliphatic rings. The topological polar surface area (TPSA) is 20.2 Å². The Labute approximate surface area is 117 Å². The molecule has 0 saturated heterocycles. The van der Waals surface area contributed by atoms with Crippen LogP contribution in [-0.2, 0) is 6.42 Å². The third kappa shape index (κ3) is 3.21. The number of hydrogen-bond donors (Lipinski definition) is 1. The summed E-state index contributed by atoms with van der Waals surface area (Å²) in [6, 6.07) is 14.3. The van der Waals surface area contributed by atoms with Crippen molar-refractivity contribution < 1.29 is 5.11 Å². The van der Waals surface area contributed by atoms with Crippen molar-refractivity contribution >= 4 is 15.9 Å². The molecule has 0 bridgehead atoms. The first-order valence-electron chi connectivity index (χ1n) is 6.06. The molecule has 1 N–H and O–H groups in total. The van der Waals surface area contributed by atoms with Crippen LogP contribution in [0.4, 0.5) is 0 Å². The SMILES string of the molecule is Cc1ccc(CC(O)c2ccc(Br)cc2C)cc1. The van der Waals surface area contributed by atoms with Crippen LogP contribution in [0, 0.1) is 13.8 Å². The Morgan fingerprint density at radius 1 is 1.06 bits per heavy atom. The average molecular weight is 305 g/mol. The lowest BCUT2D eigenvalue weighted by molar-refractivity contribution is 0.177. The van der Waals surface area contributed by atoms with Crippen LogP contribution < -0.4 is 0 Å². The fourth-order valence-electron chi connectivity index (χ4n) is 2.07. The fraction of sp³-hybridized carbons (Fsp3) is 0.250. The van der Waals surface area contributed by atoms with Crippen LogP contribution in [0.3, 0.4) is 0 Å². The number of rotatable bonds is 3. The summed E-state index contributed by atoms with van der Waals surface area (Å²) in [4.78, 5) is 0. The number of aliphatic hydroxyl groups is 1. The third-order valence-electron chi connectivity index (χ3n) is 3.14. The van der Waals surface area contributed by atoms with Crippen molar-refractivity contribution in [2.75, 3.05) is 0 Å². The van der Waals surface area contributed by atoms with Gasteiger partial charge in [0.05, 0.1) is 6.10 Å². The molecule has 1 atom stereocenters. The van der Waals surface area contributed by atoms with E-state index in [0.29, 0.717) is 6.42 Å². The molecule has 0 saturated carbocycles. The average Bonchev–Trinajstić information content (AvgIpc) is 2.32. The lowest BCUT2D eigenvalue weighted by Gasteiger charge is -2.14. The van der Waals surface area contributed by atoms with Gasteiger partial charge in [0, 0.05) is 10.9 Å². The summed E-state index contributed by atoms with van der Waals surface area (Å²) in [6.07, 6.45) is 0.212. The van der Waals surface area contributed by atoms with Gasteiger partial charge in [-0.3, -0.25) is 0 Å². The lowest BCUT2D eigenvalue weighted by Crippen LogP contribution is -2.03. The number of benzene rings is 2. The van der Waals surface area contributed by atoms with Gasteiger partial charge in [-0.1, -0.05) is 51.8 Å². The molecule has 2 aromatic carbocycles. The lowest BCUT2D eigenvalue weighted by atomic mass is 9.97. The van der Waals surface area contributed by atoms with Gasteiger partial charge in [0.25, 0.3) is 0 Å². The van der Waals surface area contributed by atoms with E-state index in [4.69, 9.17) is 0 Å². The summed E-state index contributed by atoms with van der Waals surface area (Å²) >= 11 is 3.44. The monoisotopic (exact) mass is 304 g/mol. The predicted molar refractivity (Wildman–Crippen MR) is 78.7 cm³/mol. The van der Waals surface area contributed by atoms with Gasteiger partial charge in [0.1, 0.15) is 0 Å². The second kappa shape index (κ2) is 5.68. The first-order valence-corrected chi connectivity index (χ1v) is 6.85. The number of halogens is 1. The standard InChI is InChI=1S/C16H17BrO/c1-11-3-5-13(6-4-11)10-16(18)15-8-7-14(17)9-12(15)2/h3-9,16,18H,10H2,1-2H3. The molecule has 0 aliphatic heterocycles. The van der Waals surface area contributed by atoms with Crippen LogP contribution in [0.5, 0.6) is 0 Å². The minimum absolute atomic E-state index is 0.444. The Kier molecular flexibility index (Phi) is 4.20. The van der Waals surface area contributed by atoms with Gasteiger partial charge in [0.2, 0.25) is 0 Å². The van der Waals surface area contributed by atoms with E-state index in [0.717, 1.165) is 21.2 Å². The number of aryl methyl sites for hydroxylation is 2. The van der Waals surface area contributed by atoms with Crippen LogP contribution in [-0.4, -0.2) is 5.11 Å². The molecule has 18 heavy (non-hydrogen) atoms. The molecule has 0 fully saturated rings. The molecule has 0 spiro atoms. The maximum atomic E-state index is 10.3. The molecule has 0 amide bonds. The van der Waals surface area contributed by atoms with E-state index >= 15 is 0 Å². The fourth-order valence-corrected chi connectivity index (χ4v) is 2.55. The van der Waals surface area contributed by atoms with E-state index < -0.39 is 6.10 Å². The van der Waals surface area contributed by atoms with E-state index in [1.165, 1.54) is 5.56 Å². The molecule has 0 heterocycles. The van der Waals surface area contributed by atoms with Crippen molar-refractivity contribution in [1.29, 1.82) is 0 Å². The summed E-state index contributed by atoms with van der Waals surface area (Å²) < 4.78 is 1.05. The Hall–Kier alpha value is -1.12. The predicted octanol–water partition coefficient (Wildman–Crippen LogP) is 4.34. The Balaban J connectivity index is 2.16. The van der Waals surface area contributed by atoms with Crippen LogP contribution in [0.25, 0.3) is 0 Å². The zero-order valence-corrected chi connectivity index (χ0v) is 12.2. The van der Waals surface area contributed by atoms with Gasteiger partial charge in [-0.15, -0.1) is 0 Å². The highest BCUT2D eigenvalue weighted by molar-refractivity contribution is 9.10. The van der Waals surface area contributed by atoms with Gasteiger partial charge in [-0.25, -0.2) is 0 Å². The van der Waals surface area contributed by atoms with E-state index in [1.807, 2.05) is 25.1 Å². The van der Waals surface area contributed by atoms with Crippen LogP contribution in [0.2, 0.25) is 0 Å². The van der Waals surface area contributed by atoms with Crippen molar-refractivity contribution in [2.24, 2.45) is 0 Å². The Morgan fingerprint density at radius 2 is 1.72 bits per heavy atom. The summed E-state index contributed by atoms with van der Waals surface area (Å²) in [6.45, 7) is 4.09. The maximum Gasteiger partial charge on any atom is 0.0832 e. The highest BCUT2D eigenvalue weighted by Gasteiger charge is 2.11. The van der Waals surface area contributed by atoms with E-state index in [-0.39, 0.29) is 0 Å². The summed E-state index contributed by atoms with van der Waals surface area (Å²) in [5.74, 6) is 0. The zero-order chi connectivity index (χ0) is 13.1. The van der Waals surface area contributed by atoms with Crippen LogP contribution in [0.1, 0.15) is 28.4 Å². The van der Waals surface area contributed by atoms with Gasteiger partial charge in [-0.05, 0) is 42.7 Å². The smallest absolute Gasteiger partial charge is 0.0832 e. The third-order valence-corrected chi connectivity index (χ3v) is 3.63. The molecule has 2 heteroatoms. The summed E-state index contributed by atoms with van der Waals surface area (Å²) in [5, 5.41) is 10.3. The number of hydrogen-bond acceptors (Lipinski definition) is 1. The van der Waals surface area contributed by atoms with Crippen molar-refractivity contribution in [3.63, 3.8) is 0 Å². The molecular formula is C16H17BrO. The van der Waals surface area contributed by atoms with E-state index in [2.05, 4.69) is 47.1 Å². The van der Waals surface area contributed by atoms with Gasteiger partial charge in [0.15, 0.2) is 0 Å². The normalized spacial score (nSPS) is 12.4. The molecule has 1 nitrogen and oxygen atoms in total. The second-order valence-corrected chi connectivity index (χ2v) is 5.62. The Bertz CT molecular complexity index is 531. The molecule has 2 rings (SSSR count). The van der Waals surface area contributed by atoms with Crippen LogP contribution >= 0.6 is 15.9 Å². The van der Waals surface area contributed by atoms with Crippen molar-refractivity contribution in [3.8, 4) is 0 Å². The zero-order valence-electron chi connectivity index (χ0n) is 10.7.